The molecule has 1 aliphatic rings. The lowest BCUT2D eigenvalue weighted by Gasteiger charge is -2.31. The Hall–Kier alpha value is -4.03. The molecular weight excluding hydrogens is 509 g/mol. The molecule has 0 spiro atoms. The molecule has 3 atom stereocenters. The zero-order valence-corrected chi connectivity index (χ0v) is 22.5. The number of amides is 4. The summed E-state index contributed by atoms with van der Waals surface area (Å²) in [7, 11) is 0. The van der Waals surface area contributed by atoms with Gasteiger partial charge < -0.3 is 32.3 Å². The van der Waals surface area contributed by atoms with E-state index in [4.69, 9.17) is 11.5 Å². The van der Waals surface area contributed by atoms with Crippen molar-refractivity contribution in [2.75, 3.05) is 25.1 Å². The number of guanidine groups is 1. The van der Waals surface area contributed by atoms with Crippen molar-refractivity contribution in [2.45, 2.75) is 64.6 Å². The van der Waals surface area contributed by atoms with Crippen LogP contribution in [-0.4, -0.2) is 78.2 Å². The van der Waals surface area contributed by atoms with Crippen molar-refractivity contribution < 1.29 is 28.4 Å². The summed E-state index contributed by atoms with van der Waals surface area (Å²) in [4.78, 5) is 68.3. The van der Waals surface area contributed by atoms with Gasteiger partial charge in [0.05, 0.1) is 6.04 Å². The maximum absolute atomic E-state index is 13.5. The minimum absolute atomic E-state index is 0.111. The molecule has 214 valence electrons. The fourth-order valence-corrected chi connectivity index (χ4v) is 4.34. The number of ketones is 1. The van der Waals surface area contributed by atoms with Crippen molar-refractivity contribution in [3.8, 4) is 0 Å². The Bertz CT molecular complexity index is 1090. The lowest BCUT2D eigenvalue weighted by molar-refractivity contribution is -0.141. The second-order valence-electron chi connectivity index (χ2n) is 9.76. The molecule has 0 aliphatic carbocycles. The SMILES string of the molecule is CC(=O)Nc1cccc(C(=O)N[C@H](C(=O)N2CCC[C@H]2C(=O)N[C@@H](CCCN=C(N)N)C(=O)CF)C(C)C)c1. The number of hydrogen-bond acceptors (Lipinski definition) is 6. The molecule has 0 aromatic heterocycles. The standard InChI is InChI=1S/C26H38FN7O5/c1-15(2)22(33-23(37)17-7-4-8-18(13-17)31-16(3)35)25(39)34-12-6-10-20(34)24(38)32-19(21(36)14-27)9-5-11-30-26(28)29/h4,7-8,13,15,19-20,22H,5-6,9-12,14H2,1-3H3,(H,31,35)(H,32,38)(H,33,37)(H4,28,29,30)/t19-,20-,22-/m0/s1. The molecule has 4 amide bonds. The van der Waals surface area contributed by atoms with E-state index in [9.17, 15) is 28.4 Å². The van der Waals surface area contributed by atoms with Gasteiger partial charge >= 0.3 is 0 Å². The number of likely N-dealkylation sites (tertiary alicyclic amines) is 1. The Morgan fingerprint density at radius 2 is 1.87 bits per heavy atom. The summed E-state index contributed by atoms with van der Waals surface area (Å²) >= 11 is 0. The van der Waals surface area contributed by atoms with E-state index in [1.165, 1.54) is 17.9 Å². The minimum Gasteiger partial charge on any atom is -0.370 e. The van der Waals surface area contributed by atoms with Crippen LogP contribution in [0.15, 0.2) is 29.3 Å². The van der Waals surface area contributed by atoms with Gasteiger partial charge in [-0.2, -0.15) is 0 Å². The number of rotatable bonds is 13. The van der Waals surface area contributed by atoms with Crippen LogP contribution in [0.4, 0.5) is 10.1 Å². The lowest BCUT2D eigenvalue weighted by atomic mass is 10.0. The van der Waals surface area contributed by atoms with E-state index >= 15 is 0 Å². The number of anilines is 1. The third kappa shape index (κ3) is 9.34. The Morgan fingerprint density at radius 3 is 2.49 bits per heavy atom. The molecule has 7 N–H and O–H groups in total. The largest absolute Gasteiger partial charge is 0.370 e. The maximum atomic E-state index is 13.5. The molecule has 12 nitrogen and oxygen atoms in total. The van der Waals surface area contributed by atoms with Gasteiger partial charge in [-0.25, -0.2) is 4.39 Å². The summed E-state index contributed by atoms with van der Waals surface area (Å²) < 4.78 is 13.2. The zero-order chi connectivity index (χ0) is 29.1. The third-order valence-electron chi connectivity index (χ3n) is 6.29. The molecule has 13 heteroatoms. The Kier molecular flexibility index (Phi) is 11.8. The number of nitrogens with two attached hydrogens (primary N) is 2. The molecule has 1 heterocycles. The monoisotopic (exact) mass is 547 g/mol. The number of benzene rings is 1. The normalized spacial score (nSPS) is 16.2. The molecule has 1 fully saturated rings. The van der Waals surface area contributed by atoms with E-state index in [1.807, 2.05) is 0 Å². The lowest BCUT2D eigenvalue weighted by Crippen LogP contribution is -2.56. The van der Waals surface area contributed by atoms with E-state index in [1.54, 1.807) is 32.0 Å². The number of hydrogen-bond donors (Lipinski definition) is 5. The quantitative estimate of drug-likeness (QED) is 0.135. The first-order valence-electron chi connectivity index (χ1n) is 12.9. The number of nitrogens with zero attached hydrogens (tertiary/aromatic N) is 2. The van der Waals surface area contributed by atoms with Crippen LogP contribution in [-0.2, 0) is 19.2 Å². The van der Waals surface area contributed by atoms with Gasteiger partial charge in [0, 0.05) is 31.3 Å². The van der Waals surface area contributed by atoms with E-state index < -0.39 is 48.3 Å². The second kappa shape index (κ2) is 14.8. The average molecular weight is 548 g/mol. The number of aliphatic imine (C=N–C) groups is 1. The van der Waals surface area contributed by atoms with Crippen molar-refractivity contribution in [1.29, 1.82) is 0 Å². The Labute approximate surface area is 227 Å². The summed E-state index contributed by atoms with van der Waals surface area (Å²) in [6, 6.07) is 3.43. The molecule has 1 aromatic rings. The van der Waals surface area contributed by atoms with Crippen molar-refractivity contribution in [2.24, 2.45) is 22.4 Å². The number of carbonyl (C=O) groups excluding carboxylic acids is 5. The van der Waals surface area contributed by atoms with Gasteiger partial charge in [0.2, 0.25) is 17.7 Å². The molecule has 0 unspecified atom stereocenters. The summed E-state index contributed by atoms with van der Waals surface area (Å²) in [5, 5.41) is 7.94. The summed E-state index contributed by atoms with van der Waals surface area (Å²) in [5.74, 6) is -2.99. The number of nitrogens with one attached hydrogen (secondary N) is 3. The predicted octanol–water partition coefficient (Wildman–Crippen LogP) is 0.467. The van der Waals surface area contributed by atoms with Gasteiger partial charge in [-0.15, -0.1) is 0 Å². The van der Waals surface area contributed by atoms with Crippen molar-refractivity contribution in [3.05, 3.63) is 29.8 Å². The van der Waals surface area contributed by atoms with Gasteiger partial charge in [-0.1, -0.05) is 19.9 Å². The zero-order valence-electron chi connectivity index (χ0n) is 22.5. The number of halogens is 1. The van der Waals surface area contributed by atoms with Crippen molar-refractivity contribution >= 4 is 41.1 Å². The third-order valence-corrected chi connectivity index (χ3v) is 6.29. The van der Waals surface area contributed by atoms with Crippen molar-refractivity contribution in [1.82, 2.24) is 15.5 Å². The molecule has 1 saturated heterocycles. The highest BCUT2D eigenvalue weighted by molar-refractivity contribution is 6.00. The topological polar surface area (TPSA) is 189 Å². The van der Waals surface area contributed by atoms with Gasteiger partial charge in [-0.05, 0) is 49.8 Å². The number of carbonyl (C=O) groups is 5. The highest BCUT2D eigenvalue weighted by Gasteiger charge is 2.39. The number of alkyl halides is 1. The maximum Gasteiger partial charge on any atom is 0.252 e. The Morgan fingerprint density at radius 1 is 1.15 bits per heavy atom. The fraction of sp³-hybridized carbons (Fsp3) is 0.538. The molecule has 0 bridgehead atoms. The molecule has 0 radical (unpaired) electrons. The van der Waals surface area contributed by atoms with Crippen LogP contribution in [0.1, 0.15) is 56.8 Å². The van der Waals surface area contributed by atoms with Crippen LogP contribution < -0.4 is 27.4 Å². The molecular formula is C26H38FN7O5. The molecule has 0 saturated carbocycles. The minimum atomic E-state index is -1.24. The smallest absolute Gasteiger partial charge is 0.252 e. The molecule has 2 rings (SSSR count). The molecule has 39 heavy (non-hydrogen) atoms. The van der Waals surface area contributed by atoms with E-state index in [2.05, 4.69) is 20.9 Å². The van der Waals surface area contributed by atoms with Crippen LogP contribution in [0.5, 0.6) is 0 Å². The first kappa shape index (κ1) is 31.2. The second-order valence-corrected chi connectivity index (χ2v) is 9.76. The predicted molar refractivity (Wildman–Crippen MR) is 144 cm³/mol. The van der Waals surface area contributed by atoms with Crippen LogP contribution in [0, 0.1) is 5.92 Å². The van der Waals surface area contributed by atoms with Crippen LogP contribution in [0.3, 0.4) is 0 Å². The van der Waals surface area contributed by atoms with Crippen LogP contribution in [0.25, 0.3) is 0 Å². The van der Waals surface area contributed by atoms with Crippen LogP contribution in [0.2, 0.25) is 0 Å². The first-order chi connectivity index (χ1) is 18.4. The average Bonchev–Trinajstić information content (AvgIpc) is 3.37. The summed E-state index contributed by atoms with van der Waals surface area (Å²) in [5.41, 5.74) is 11.3. The number of Topliss-reactive ketones (excluding diaryl/α,β-unsaturated/α-hetero) is 1. The fourth-order valence-electron chi connectivity index (χ4n) is 4.34. The van der Waals surface area contributed by atoms with Gasteiger partial charge in [-0.3, -0.25) is 29.0 Å². The molecule has 1 aliphatic heterocycles. The highest BCUT2D eigenvalue weighted by atomic mass is 19.1. The van der Waals surface area contributed by atoms with E-state index in [-0.39, 0.29) is 36.3 Å². The van der Waals surface area contributed by atoms with E-state index in [0.29, 0.717) is 31.5 Å². The van der Waals surface area contributed by atoms with Crippen LogP contribution >= 0.6 is 0 Å². The van der Waals surface area contributed by atoms with Gasteiger partial charge in [0.25, 0.3) is 5.91 Å². The van der Waals surface area contributed by atoms with Gasteiger partial charge in [0.1, 0.15) is 18.8 Å². The summed E-state index contributed by atoms with van der Waals surface area (Å²) in [6.45, 7) is 4.16. The summed E-state index contributed by atoms with van der Waals surface area (Å²) in [6.07, 6.45) is 1.38. The molecule has 1 aromatic carbocycles. The van der Waals surface area contributed by atoms with Gasteiger partial charge in [0.15, 0.2) is 11.7 Å². The highest BCUT2D eigenvalue weighted by Crippen LogP contribution is 2.21. The Balaban J connectivity index is 2.12. The first-order valence-corrected chi connectivity index (χ1v) is 12.9. The van der Waals surface area contributed by atoms with E-state index in [0.717, 1.165) is 0 Å². The van der Waals surface area contributed by atoms with Crippen molar-refractivity contribution in [3.63, 3.8) is 0 Å².